The van der Waals surface area contributed by atoms with Crippen molar-refractivity contribution in [2.45, 2.75) is 26.6 Å². The topological polar surface area (TPSA) is 98.0 Å². The fourth-order valence-corrected chi connectivity index (χ4v) is 3.43. The van der Waals surface area contributed by atoms with Crippen LogP contribution >= 0.6 is 0 Å². The van der Waals surface area contributed by atoms with Crippen LogP contribution in [0, 0.1) is 5.82 Å². The lowest BCUT2D eigenvalue weighted by Gasteiger charge is -2.13. The first-order valence-corrected chi connectivity index (χ1v) is 10.5. The minimum Gasteiger partial charge on any atom is -0.491 e. The van der Waals surface area contributed by atoms with E-state index >= 15 is 0 Å². The Morgan fingerprint density at radius 3 is 2.44 bits per heavy atom. The Morgan fingerprint density at radius 1 is 1.00 bits per heavy atom. The van der Waals surface area contributed by atoms with Crippen molar-refractivity contribution in [2.75, 3.05) is 5.32 Å². The Kier molecular flexibility index (Phi) is 6.49. The van der Waals surface area contributed by atoms with Gasteiger partial charge in [-0.05, 0) is 73.5 Å². The summed E-state index contributed by atoms with van der Waals surface area (Å²) in [5, 5.41) is 12.7. The molecule has 0 unspecified atom stereocenters. The Bertz CT molecular complexity index is 1340. The van der Waals surface area contributed by atoms with Gasteiger partial charge < -0.3 is 19.0 Å². The highest BCUT2D eigenvalue weighted by Gasteiger charge is 2.16. The molecule has 0 aliphatic heterocycles. The van der Waals surface area contributed by atoms with Gasteiger partial charge in [-0.25, -0.2) is 14.0 Å². The van der Waals surface area contributed by atoms with E-state index in [0.717, 1.165) is 16.5 Å². The van der Waals surface area contributed by atoms with Crippen LogP contribution in [0.25, 0.3) is 22.1 Å². The maximum Gasteiger partial charge on any atom is 0.412 e. The van der Waals surface area contributed by atoms with E-state index < -0.39 is 12.1 Å². The molecule has 1 amide bonds. The second-order valence-corrected chi connectivity index (χ2v) is 7.85. The minimum atomic E-state index is -1.21. The van der Waals surface area contributed by atoms with Crippen LogP contribution in [0.2, 0.25) is 0 Å². The molecule has 8 heteroatoms. The van der Waals surface area contributed by atoms with Crippen molar-refractivity contribution in [1.82, 2.24) is 0 Å². The molecule has 3 aromatic carbocycles. The van der Waals surface area contributed by atoms with Crippen LogP contribution < -0.4 is 10.1 Å². The molecule has 0 fully saturated rings. The fourth-order valence-electron chi connectivity index (χ4n) is 3.43. The average molecular weight is 463 g/mol. The molecule has 0 spiro atoms. The summed E-state index contributed by atoms with van der Waals surface area (Å²) in [7, 11) is 0. The number of furan rings is 1. The van der Waals surface area contributed by atoms with E-state index in [-0.39, 0.29) is 29.8 Å². The van der Waals surface area contributed by atoms with E-state index in [4.69, 9.17) is 13.9 Å². The lowest BCUT2D eigenvalue weighted by atomic mass is 10.0. The average Bonchev–Trinajstić information content (AvgIpc) is 3.21. The number of nitrogens with one attached hydrogen (secondary N) is 1. The van der Waals surface area contributed by atoms with Gasteiger partial charge in [0.25, 0.3) is 0 Å². The first-order valence-electron chi connectivity index (χ1n) is 10.5. The molecule has 1 aromatic heterocycles. The number of carbonyl (C=O) groups is 2. The Labute approximate surface area is 194 Å². The van der Waals surface area contributed by atoms with Crippen molar-refractivity contribution in [2.24, 2.45) is 0 Å². The molecule has 0 aliphatic rings. The van der Waals surface area contributed by atoms with Gasteiger partial charge >= 0.3 is 12.1 Å². The standard InChI is InChI=1S/C26H22FNO6/c1-15(2)33-20-8-9-23(22(13-20)25(29)30)28-26(31)32-14-21-12-18-11-17(5-10-24(18)34-21)16-3-6-19(27)7-4-16/h3-13,15H,14H2,1-2H3,(H,28,31)(H,29,30). The van der Waals surface area contributed by atoms with Crippen LogP contribution in [0.4, 0.5) is 14.9 Å². The van der Waals surface area contributed by atoms with Gasteiger partial charge in [0.05, 0.1) is 17.4 Å². The molecule has 0 atom stereocenters. The molecule has 0 saturated carbocycles. The van der Waals surface area contributed by atoms with E-state index in [1.807, 2.05) is 26.0 Å². The zero-order valence-corrected chi connectivity index (χ0v) is 18.5. The van der Waals surface area contributed by atoms with E-state index in [0.29, 0.717) is 17.1 Å². The SMILES string of the molecule is CC(C)Oc1ccc(NC(=O)OCc2cc3cc(-c4ccc(F)cc4)ccc3o2)c(C(=O)O)c1. The van der Waals surface area contributed by atoms with Crippen molar-refractivity contribution in [3.63, 3.8) is 0 Å². The number of carboxylic acid groups (broad SMARTS) is 1. The van der Waals surface area contributed by atoms with E-state index in [9.17, 15) is 19.1 Å². The van der Waals surface area contributed by atoms with Crippen LogP contribution in [0.15, 0.2) is 71.1 Å². The highest BCUT2D eigenvalue weighted by atomic mass is 19.1. The van der Waals surface area contributed by atoms with Gasteiger partial charge in [0.1, 0.15) is 22.9 Å². The highest BCUT2D eigenvalue weighted by molar-refractivity contribution is 5.99. The number of aromatic carboxylic acids is 1. The third kappa shape index (κ3) is 5.35. The summed E-state index contributed by atoms with van der Waals surface area (Å²) in [4.78, 5) is 23.9. The molecular formula is C26H22FNO6. The van der Waals surface area contributed by atoms with Crippen LogP contribution in [0.5, 0.6) is 5.75 Å². The summed E-state index contributed by atoms with van der Waals surface area (Å²) in [5.41, 5.74) is 2.33. The van der Waals surface area contributed by atoms with Crippen molar-refractivity contribution < 1.29 is 33.0 Å². The number of hydrogen-bond acceptors (Lipinski definition) is 5. The quantitative estimate of drug-likeness (QED) is 0.326. The predicted octanol–water partition coefficient (Wildman–Crippen LogP) is 6.47. The van der Waals surface area contributed by atoms with E-state index in [2.05, 4.69) is 5.32 Å². The van der Waals surface area contributed by atoms with Crippen LogP contribution in [-0.4, -0.2) is 23.3 Å². The molecule has 174 valence electrons. The zero-order chi connectivity index (χ0) is 24.2. The summed E-state index contributed by atoms with van der Waals surface area (Å²) < 4.78 is 29.6. The number of carbonyl (C=O) groups excluding carboxylic acids is 1. The van der Waals surface area contributed by atoms with Crippen molar-refractivity contribution in [3.8, 4) is 16.9 Å². The minimum absolute atomic E-state index is 0.0853. The predicted molar refractivity (Wildman–Crippen MR) is 125 cm³/mol. The molecule has 2 N–H and O–H groups in total. The van der Waals surface area contributed by atoms with Gasteiger partial charge in [-0.15, -0.1) is 0 Å². The molecule has 0 saturated heterocycles. The number of halogens is 1. The first kappa shape index (κ1) is 22.8. The molecule has 0 radical (unpaired) electrons. The third-order valence-electron chi connectivity index (χ3n) is 4.92. The fraction of sp³-hybridized carbons (Fsp3) is 0.154. The summed E-state index contributed by atoms with van der Waals surface area (Å²) >= 11 is 0. The largest absolute Gasteiger partial charge is 0.491 e. The van der Waals surface area contributed by atoms with E-state index in [1.165, 1.54) is 24.3 Å². The van der Waals surface area contributed by atoms with Crippen molar-refractivity contribution in [3.05, 3.63) is 83.9 Å². The van der Waals surface area contributed by atoms with Gasteiger partial charge in [-0.1, -0.05) is 18.2 Å². The second kappa shape index (κ2) is 9.66. The number of rotatable bonds is 7. The van der Waals surface area contributed by atoms with Gasteiger partial charge in [0.2, 0.25) is 0 Å². The summed E-state index contributed by atoms with van der Waals surface area (Å²) in [6, 6.07) is 17.8. The summed E-state index contributed by atoms with van der Waals surface area (Å²) in [6.45, 7) is 3.50. The third-order valence-corrected chi connectivity index (χ3v) is 4.92. The monoisotopic (exact) mass is 463 g/mol. The van der Waals surface area contributed by atoms with Crippen LogP contribution in [0.3, 0.4) is 0 Å². The molecule has 4 rings (SSSR count). The maximum absolute atomic E-state index is 13.2. The zero-order valence-electron chi connectivity index (χ0n) is 18.5. The normalized spacial score (nSPS) is 10.9. The molecule has 34 heavy (non-hydrogen) atoms. The number of anilines is 1. The number of amides is 1. The van der Waals surface area contributed by atoms with Crippen LogP contribution in [0.1, 0.15) is 30.0 Å². The van der Waals surface area contributed by atoms with E-state index in [1.54, 1.807) is 30.3 Å². The molecular weight excluding hydrogens is 441 g/mol. The van der Waals surface area contributed by atoms with Crippen LogP contribution in [-0.2, 0) is 11.3 Å². The number of fused-ring (bicyclic) bond motifs is 1. The smallest absolute Gasteiger partial charge is 0.412 e. The Morgan fingerprint density at radius 2 is 1.74 bits per heavy atom. The summed E-state index contributed by atoms with van der Waals surface area (Å²) in [6.07, 6.45) is -0.950. The number of carboxylic acids is 1. The van der Waals surface area contributed by atoms with Gasteiger partial charge in [-0.2, -0.15) is 0 Å². The van der Waals surface area contributed by atoms with Crippen molar-refractivity contribution in [1.29, 1.82) is 0 Å². The summed E-state index contributed by atoms with van der Waals surface area (Å²) in [5.74, 6) is -0.714. The molecule has 0 aliphatic carbocycles. The highest BCUT2D eigenvalue weighted by Crippen LogP contribution is 2.28. The number of ether oxygens (including phenoxy) is 2. The molecule has 4 aromatic rings. The van der Waals surface area contributed by atoms with Gasteiger partial charge in [0.15, 0.2) is 6.61 Å². The van der Waals surface area contributed by atoms with Gasteiger partial charge in [-0.3, -0.25) is 5.32 Å². The second-order valence-electron chi connectivity index (χ2n) is 7.85. The molecule has 0 bridgehead atoms. The lowest BCUT2D eigenvalue weighted by Crippen LogP contribution is -2.16. The van der Waals surface area contributed by atoms with Gasteiger partial charge in [0, 0.05) is 5.39 Å². The first-order chi connectivity index (χ1) is 16.3. The van der Waals surface area contributed by atoms with Crippen molar-refractivity contribution >= 4 is 28.7 Å². The molecule has 7 nitrogen and oxygen atoms in total. The Hall–Kier alpha value is -4.33. The number of hydrogen-bond donors (Lipinski definition) is 2. The Balaban J connectivity index is 1.43. The lowest BCUT2D eigenvalue weighted by molar-refractivity contribution is 0.0697. The maximum atomic E-state index is 13.2. The number of benzene rings is 3. The molecule has 1 heterocycles.